The monoisotopic (exact) mass is 236 g/mol. The number of aryl methyl sites for hydroxylation is 1. The van der Waals surface area contributed by atoms with Crippen LogP contribution in [0.4, 0.5) is 4.39 Å². The van der Waals surface area contributed by atoms with Gasteiger partial charge in [-0.25, -0.2) is 4.39 Å². The number of piperazine rings is 1. The first kappa shape index (κ1) is 12.5. The zero-order chi connectivity index (χ0) is 12.5. The van der Waals surface area contributed by atoms with Gasteiger partial charge in [0.05, 0.1) is 0 Å². The smallest absolute Gasteiger partial charge is 0.126 e. The van der Waals surface area contributed by atoms with Gasteiger partial charge in [0, 0.05) is 31.7 Å². The minimum Gasteiger partial charge on any atom is -0.309 e. The van der Waals surface area contributed by atoms with Crippen molar-refractivity contribution in [3.8, 4) is 0 Å². The molecule has 0 bridgehead atoms. The average molecular weight is 236 g/mol. The van der Waals surface area contributed by atoms with Crippen LogP contribution in [0, 0.1) is 12.7 Å². The Morgan fingerprint density at radius 1 is 1.41 bits per heavy atom. The van der Waals surface area contributed by atoms with Crippen molar-refractivity contribution in [2.75, 3.05) is 19.6 Å². The lowest BCUT2D eigenvalue weighted by molar-refractivity contribution is 0.148. The molecule has 1 aliphatic heterocycles. The number of nitrogens with one attached hydrogen (secondary N) is 1. The zero-order valence-electron chi connectivity index (χ0n) is 10.9. The summed E-state index contributed by atoms with van der Waals surface area (Å²) in [6.07, 6.45) is 0. The maximum Gasteiger partial charge on any atom is 0.126 e. The van der Waals surface area contributed by atoms with Gasteiger partial charge in [-0.3, -0.25) is 4.90 Å². The topological polar surface area (TPSA) is 15.3 Å². The molecule has 1 saturated heterocycles. The molecule has 1 aliphatic rings. The van der Waals surface area contributed by atoms with Gasteiger partial charge in [0.15, 0.2) is 0 Å². The first-order chi connectivity index (χ1) is 7.96. The fourth-order valence-electron chi connectivity index (χ4n) is 2.37. The second-order valence-corrected chi connectivity index (χ2v) is 5.60. The molecule has 2 nitrogen and oxygen atoms in total. The van der Waals surface area contributed by atoms with Crippen molar-refractivity contribution in [1.82, 2.24) is 10.2 Å². The van der Waals surface area contributed by atoms with Gasteiger partial charge >= 0.3 is 0 Å². The average Bonchev–Trinajstić information content (AvgIpc) is 2.22. The van der Waals surface area contributed by atoms with Gasteiger partial charge in [0.1, 0.15) is 5.82 Å². The molecular formula is C14H21FN2. The minimum atomic E-state index is -0.100. The van der Waals surface area contributed by atoms with E-state index in [2.05, 4.69) is 24.1 Å². The summed E-state index contributed by atoms with van der Waals surface area (Å²) in [4.78, 5) is 2.38. The fourth-order valence-corrected chi connectivity index (χ4v) is 2.37. The summed E-state index contributed by atoms with van der Waals surface area (Å²) in [5, 5.41) is 3.48. The van der Waals surface area contributed by atoms with E-state index in [1.54, 1.807) is 13.0 Å². The van der Waals surface area contributed by atoms with Crippen molar-refractivity contribution in [3.05, 3.63) is 35.1 Å². The van der Waals surface area contributed by atoms with Crippen LogP contribution in [0.1, 0.15) is 25.0 Å². The highest BCUT2D eigenvalue weighted by atomic mass is 19.1. The molecule has 2 rings (SSSR count). The van der Waals surface area contributed by atoms with Crippen LogP contribution < -0.4 is 5.32 Å². The molecule has 0 aliphatic carbocycles. The van der Waals surface area contributed by atoms with Crippen LogP contribution in [0.25, 0.3) is 0 Å². The van der Waals surface area contributed by atoms with Gasteiger partial charge < -0.3 is 5.32 Å². The van der Waals surface area contributed by atoms with Gasteiger partial charge in [0.2, 0.25) is 0 Å². The molecule has 0 spiro atoms. The van der Waals surface area contributed by atoms with Crippen LogP contribution in [-0.2, 0) is 6.54 Å². The molecule has 1 aromatic rings. The van der Waals surface area contributed by atoms with Gasteiger partial charge in [-0.05, 0) is 38.0 Å². The predicted molar refractivity (Wildman–Crippen MR) is 68.5 cm³/mol. The molecule has 1 fully saturated rings. The van der Waals surface area contributed by atoms with Crippen LogP contribution in [0.3, 0.4) is 0 Å². The van der Waals surface area contributed by atoms with Crippen molar-refractivity contribution in [2.45, 2.75) is 32.9 Å². The molecule has 0 unspecified atom stereocenters. The molecule has 94 valence electrons. The third-order valence-corrected chi connectivity index (χ3v) is 3.29. The van der Waals surface area contributed by atoms with E-state index < -0.39 is 0 Å². The number of halogens is 1. The van der Waals surface area contributed by atoms with Crippen LogP contribution >= 0.6 is 0 Å². The second kappa shape index (κ2) is 4.75. The molecule has 0 radical (unpaired) electrons. The van der Waals surface area contributed by atoms with E-state index >= 15 is 0 Å². The Kier molecular flexibility index (Phi) is 3.50. The summed E-state index contributed by atoms with van der Waals surface area (Å²) in [5.74, 6) is -0.100. The van der Waals surface area contributed by atoms with Crippen LogP contribution in [0.15, 0.2) is 18.2 Å². The molecule has 0 amide bonds. The highest BCUT2D eigenvalue weighted by molar-refractivity contribution is 5.23. The first-order valence-electron chi connectivity index (χ1n) is 6.19. The number of nitrogens with zero attached hydrogens (tertiary/aromatic N) is 1. The Morgan fingerprint density at radius 3 is 2.82 bits per heavy atom. The van der Waals surface area contributed by atoms with E-state index in [0.717, 1.165) is 37.3 Å². The van der Waals surface area contributed by atoms with Crippen LogP contribution in [0.5, 0.6) is 0 Å². The quantitative estimate of drug-likeness (QED) is 0.847. The van der Waals surface area contributed by atoms with E-state index in [1.165, 1.54) is 0 Å². The number of rotatable bonds is 2. The Bertz CT molecular complexity index is 401. The Hall–Kier alpha value is -0.930. The van der Waals surface area contributed by atoms with Gasteiger partial charge in [-0.2, -0.15) is 0 Å². The van der Waals surface area contributed by atoms with Crippen molar-refractivity contribution in [1.29, 1.82) is 0 Å². The summed E-state index contributed by atoms with van der Waals surface area (Å²) >= 11 is 0. The van der Waals surface area contributed by atoms with Crippen LogP contribution in [-0.4, -0.2) is 30.1 Å². The summed E-state index contributed by atoms with van der Waals surface area (Å²) in [5.41, 5.74) is 1.93. The van der Waals surface area contributed by atoms with E-state index in [0.29, 0.717) is 0 Å². The molecule has 1 aromatic carbocycles. The minimum absolute atomic E-state index is 0.100. The SMILES string of the molecule is Cc1ccc(CN2CCNC(C)(C)C2)cc1F. The van der Waals surface area contributed by atoms with Crippen molar-refractivity contribution >= 4 is 0 Å². The zero-order valence-corrected chi connectivity index (χ0v) is 10.9. The van der Waals surface area contributed by atoms with Gasteiger partial charge in [0.25, 0.3) is 0 Å². The van der Waals surface area contributed by atoms with Crippen molar-refractivity contribution in [3.63, 3.8) is 0 Å². The first-order valence-corrected chi connectivity index (χ1v) is 6.19. The van der Waals surface area contributed by atoms with E-state index in [-0.39, 0.29) is 11.4 Å². The van der Waals surface area contributed by atoms with E-state index in [4.69, 9.17) is 0 Å². The van der Waals surface area contributed by atoms with Crippen molar-refractivity contribution in [2.24, 2.45) is 0 Å². The molecule has 1 heterocycles. The standard InChI is InChI=1S/C14H21FN2/c1-11-4-5-12(8-13(11)15)9-17-7-6-16-14(2,3)10-17/h4-5,8,16H,6-7,9-10H2,1-3H3. The predicted octanol–water partition coefficient (Wildman–Crippen LogP) is 2.32. The van der Waals surface area contributed by atoms with Gasteiger partial charge in [-0.1, -0.05) is 12.1 Å². The number of benzene rings is 1. The summed E-state index contributed by atoms with van der Waals surface area (Å²) in [6.45, 7) is 10.1. The molecule has 3 heteroatoms. The third kappa shape index (κ3) is 3.27. The second-order valence-electron chi connectivity index (χ2n) is 5.60. The maximum absolute atomic E-state index is 13.5. The Morgan fingerprint density at radius 2 is 2.18 bits per heavy atom. The number of hydrogen-bond donors (Lipinski definition) is 1. The van der Waals surface area contributed by atoms with E-state index in [1.807, 2.05) is 12.1 Å². The number of hydrogen-bond acceptors (Lipinski definition) is 2. The maximum atomic E-state index is 13.5. The molecule has 0 saturated carbocycles. The molecule has 17 heavy (non-hydrogen) atoms. The Balaban J connectivity index is 2.03. The highest BCUT2D eigenvalue weighted by Gasteiger charge is 2.25. The van der Waals surface area contributed by atoms with E-state index in [9.17, 15) is 4.39 Å². The van der Waals surface area contributed by atoms with Crippen molar-refractivity contribution < 1.29 is 4.39 Å². The van der Waals surface area contributed by atoms with Gasteiger partial charge in [-0.15, -0.1) is 0 Å². The highest BCUT2D eigenvalue weighted by Crippen LogP contribution is 2.15. The molecule has 0 atom stereocenters. The summed E-state index contributed by atoms with van der Waals surface area (Å²) < 4.78 is 13.5. The molecule has 0 aromatic heterocycles. The van der Waals surface area contributed by atoms with Crippen LogP contribution in [0.2, 0.25) is 0 Å². The molecule has 1 N–H and O–H groups in total. The molecular weight excluding hydrogens is 215 g/mol. The third-order valence-electron chi connectivity index (χ3n) is 3.29. The summed E-state index contributed by atoms with van der Waals surface area (Å²) in [6, 6.07) is 5.54. The largest absolute Gasteiger partial charge is 0.309 e. The lowest BCUT2D eigenvalue weighted by atomic mass is 10.0. The normalized spacial score (nSPS) is 20.5. The lowest BCUT2D eigenvalue weighted by Crippen LogP contribution is -2.56. The lowest BCUT2D eigenvalue weighted by Gasteiger charge is -2.39. The Labute approximate surface area is 103 Å². The summed E-state index contributed by atoms with van der Waals surface area (Å²) in [7, 11) is 0. The fraction of sp³-hybridized carbons (Fsp3) is 0.571.